The zero-order chi connectivity index (χ0) is 20.5. The van der Waals surface area contributed by atoms with Crippen molar-refractivity contribution in [1.82, 2.24) is 20.3 Å². The molecule has 11 heteroatoms. The Morgan fingerprint density at radius 1 is 1.03 bits per heavy atom. The first kappa shape index (κ1) is 28.8. The minimum atomic E-state index is -3.44. The number of nitrogens with one attached hydrogen (secondary N) is 3. The topological polar surface area (TPSA) is 83.1 Å². The highest BCUT2D eigenvalue weighted by atomic mass is 35.5. The predicted molar refractivity (Wildman–Crippen MR) is 137 cm³/mol. The molecule has 2 heterocycles. The fraction of sp³-hybridized carbons (Fsp3) is 0.650. The molecular weight excluding hydrogens is 495 g/mol. The summed E-state index contributed by atoms with van der Waals surface area (Å²) in [5.41, 5.74) is 0.850. The summed E-state index contributed by atoms with van der Waals surface area (Å²) in [4.78, 5) is 5.31. The van der Waals surface area contributed by atoms with Gasteiger partial charge in [-0.1, -0.05) is 19.3 Å². The Morgan fingerprint density at radius 2 is 1.77 bits per heavy atom. The Kier molecular flexibility index (Phi) is 13.7. The molecule has 0 aliphatic heterocycles. The lowest BCUT2D eigenvalue weighted by atomic mass is 9.95. The zero-order valence-electron chi connectivity index (χ0n) is 17.9. The molecule has 1 fully saturated rings. The maximum atomic E-state index is 12.5. The Bertz CT molecular complexity index is 852. The minimum absolute atomic E-state index is 0. The molecule has 1 saturated carbocycles. The van der Waals surface area contributed by atoms with Crippen LogP contribution < -0.4 is 15.4 Å². The van der Waals surface area contributed by atoms with Crippen molar-refractivity contribution in [2.45, 2.75) is 62.1 Å². The van der Waals surface area contributed by atoms with E-state index in [9.17, 15) is 8.42 Å². The SMILES string of the molecule is Cc1nc(-c2ccc(S(=O)(=O)NCCCCNCCNC3CCCCC3)s2)cs1.Cl.Cl. The largest absolute Gasteiger partial charge is 0.315 e. The Hall–Kier alpha value is -0.260. The van der Waals surface area contributed by atoms with Gasteiger partial charge in [0.25, 0.3) is 0 Å². The first-order chi connectivity index (χ1) is 14.0. The average molecular weight is 530 g/mol. The predicted octanol–water partition coefficient (Wildman–Crippen LogP) is 4.59. The molecule has 0 atom stereocenters. The monoisotopic (exact) mass is 528 g/mol. The van der Waals surface area contributed by atoms with Crippen molar-refractivity contribution < 1.29 is 8.42 Å². The molecule has 0 spiro atoms. The van der Waals surface area contributed by atoms with Crippen LogP contribution >= 0.6 is 47.5 Å². The van der Waals surface area contributed by atoms with Crippen LogP contribution in [0.2, 0.25) is 0 Å². The molecule has 2 aromatic heterocycles. The van der Waals surface area contributed by atoms with Crippen molar-refractivity contribution in [2.75, 3.05) is 26.2 Å². The van der Waals surface area contributed by atoms with E-state index in [1.54, 1.807) is 17.4 Å². The van der Waals surface area contributed by atoms with Gasteiger partial charge >= 0.3 is 0 Å². The molecule has 0 radical (unpaired) electrons. The number of sulfonamides is 1. The number of thiophene rings is 1. The molecule has 2 aromatic rings. The van der Waals surface area contributed by atoms with Gasteiger partial charge in [0.05, 0.1) is 15.6 Å². The van der Waals surface area contributed by atoms with Crippen LogP contribution in [0.3, 0.4) is 0 Å². The van der Waals surface area contributed by atoms with E-state index in [0.717, 1.165) is 48.1 Å². The molecule has 31 heavy (non-hydrogen) atoms. The smallest absolute Gasteiger partial charge is 0.250 e. The fourth-order valence-electron chi connectivity index (χ4n) is 3.53. The number of halogens is 2. The second-order valence-corrected chi connectivity index (χ2v) is 11.7. The summed E-state index contributed by atoms with van der Waals surface area (Å²) < 4.78 is 28.0. The Morgan fingerprint density at radius 3 is 2.48 bits per heavy atom. The molecule has 3 rings (SSSR count). The molecule has 0 saturated heterocycles. The van der Waals surface area contributed by atoms with Crippen molar-refractivity contribution in [3.05, 3.63) is 22.5 Å². The third kappa shape index (κ3) is 9.63. The molecule has 178 valence electrons. The van der Waals surface area contributed by atoms with Gasteiger partial charge < -0.3 is 10.6 Å². The molecule has 0 aromatic carbocycles. The van der Waals surface area contributed by atoms with Gasteiger partial charge in [0.1, 0.15) is 4.21 Å². The third-order valence-corrected chi connectivity index (χ3v) is 8.96. The highest BCUT2D eigenvalue weighted by Crippen LogP contribution is 2.31. The van der Waals surface area contributed by atoms with Crippen LogP contribution in [0.5, 0.6) is 0 Å². The molecular formula is C20H34Cl2N4O2S3. The van der Waals surface area contributed by atoms with E-state index < -0.39 is 10.0 Å². The number of aromatic nitrogens is 1. The maximum absolute atomic E-state index is 12.5. The van der Waals surface area contributed by atoms with Crippen LogP contribution in [0.15, 0.2) is 21.7 Å². The summed E-state index contributed by atoms with van der Waals surface area (Å²) in [6.45, 7) is 5.31. The van der Waals surface area contributed by atoms with Gasteiger partial charge in [-0.25, -0.2) is 18.1 Å². The van der Waals surface area contributed by atoms with E-state index in [1.807, 2.05) is 18.4 Å². The standard InChI is InChI=1S/C20H32N4O2S3.2ClH/c1-16-24-18(15-27-16)19-9-10-20(28-19)29(25,26)23-12-6-5-11-21-13-14-22-17-7-3-2-4-8-17;;/h9-10,15,17,21-23H,2-8,11-14H2,1H3;2*1H. The molecule has 1 aliphatic carbocycles. The van der Waals surface area contributed by atoms with Gasteiger partial charge in [-0.05, 0) is 51.3 Å². The average Bonchev–Trinajstić information content (AvgIpc) is 3.37. The quantitative estimate of drug-likeness (QED) is 0.350. The lowest BCUT2D eigenvalue weighted by Crippen LogP contribution is -2.36. The van der Waals surface area contributed by atoms with Gasteiger partial charge in [0.15, 0.2) is 0 Å². The van der Waals surface area contributed by atoms with Crippen LogP contribution in [-0.2, 0) is 10.0 Å². The number of aryl methyl sites for hydroxylation is 1. The van der Waals surface area contributed by atoms with Crippen molar-refractivity contribution in [3.8, 4) is 10.6 Å². The van der Waals surface area contributed by atoms with Gasteiger partial charge in [-0.2, -0.15) is 0 Å². The van der Waals surface area contributed by atoms with Gasteiger partial charge in [-0.15, -0.1) is 47.5 Å². The van der Waals surface area contributed by atoms with Crippen LogP contribution in [0.4, 0.5) is 0 Å². The Balaban J connectivity index is 0.00000240. The lowest BCUT2D eigenvalue weighted by Gasteiger charge is -2.22. The van der Waals surface area contributed by atoms with Crippen LogP contribution in [0, 0.1) is 6.92 Å². The van der Waals surface area contributed by atoms with Crippen LogP contribution in [-0.4, -0.2) is 45.6 Å². The van der Waals surface area contributed by atoms with Crippen LogP contribution in [0.25, 0.3) is 10.6 Å². The van der Waals surface area contributed by atoms with Crippen molar-refractivity contribution >= 4 is 57.5 Å². The fourth-order valence-corrected chi connectivity index (χ4v) is 6.60. The summed E-state index contributed by atoms with van der Waals surface area (Å²) in [5.74, 6) is 0. The van der Waals surface area contributed by atoms with E-state index in [-0.39, 0.29) is 24.8 Å². The van der Waals surface area contributed by atoms with E-state index >= 15 is 0 Å². The molecule has 0 amide bonds. The first-order valence-electron chi connectivity index (χ1n) is 10.5. The summed E-state index contributed by atoms with van der Waals surface area (Å²) in [5, 5.41) is 10.00. The van der Waals surface area contributed by atoms with E-state index in [4.69, 9.17) is 0 Å². The number of hydrogen-bond donors (Lipinski definition) is 3. The number of thiazole rings is 1. The first-order valence-corrected chi connectivity index (χ1v) is 13.7. The normalized spacial score (nSPS) is 14.7. The second-order valence-electron chi connectivity index (χ2n) is 7.51. The van der Waals surface area contributed by atoms with Crippen molar-refractivity contribution in [2.24, 2.45) is 0 Å². The lowest BCUT2D eigenvalue weighted by molar-refractivity contribution is 0.372. The number of rotatable bonds is 12. The van der Waals surface area contributed by atoms with E-state index in [2.05, 4.69) is 20.3 Å². The summed E-state index contributed by atoms with van der Waals surface area (Å²) >= 11 is 2.84. The van der Waals surface area contributed by atoms with Crippen LogP contribution in [0.1, 0.15) is 50.0 Å². The number of unbranched alkanes of at least 4 members (excludes halogenated alkanes) is 1. The van der Waals surface area contributed by atoms with Gasteiger partial charge in [0.2, 0.25) is 10.0 Å². The van der Waals surface area contributed by atoms with E-state index in [0.29, 0.717) is 16.8 Å². The third-order valence-electron chi connectivity index (χ3n) is 5.13. The molecule has 0 bridgehead atoms. The van der Waals surface area contributed by atoms with Crippen molar-refractivity contribution in [1.29, 1.82) is 0 Å². The number of nitrogens with zero attached hydrogens (tertiary/aromatic N) is 1. The molecule has 6 nitrogen and oxygen atoms in total. The highest BCUT2D eigenvalue weighted by Gasteiger charge is 2.17. The molecule has 1 aliphatic rings. The zero-order valence-corrected chi connectivity index (χ0v) is 22.0. The summed E-state index contributed by atoms with van der Waals surface area (Å²) in [7, 11) is -3.44. The summed E-state index contributed by atoms with van der Waals surface area (Å²) in [6.07, 6.45) is 8.52. The van der Waals surface area contributed by atoms with E-state index in [1.165, 1.54) is 43.4 Å². The summed E-state index contributed by atoms with van der Waals surface area (Å²) in [6, 6.07) is 4.20. The number of hydrogen-bond acceptors (Lipinski definition) is 7. The Labute approximate surface area is 206 Å². The highest BCUT2D eigenvalue weighted by molar-refractivity contribution is 7.91. The van der Waals surface area contributed by atoms with Gasteiger partial charge in [0, 0.05) is 31.1 Å². The molecule has 0 unspecified atom stereocenters. The van der Waals surface area contributed by atoms with Gasteiger partial charge in [-0.3, -0.25) is 0 Å². The minimum Gasteiger partial charge on any atom is -0.315 e. The molecule has 3 N–H and O–H groups in total. The second kappa shape index (κ2) is 14.8. The maximum Gasteiger partial charge on any atom is 0.250 e. The van der Waals surface area contributed by atoms with Crippen molar-refractivity contribution in [3.63, 3.8) is 0 Å².